The van der Waals surface area contributed by atoms with Crippen molar-refractivity contribution < 1.29 is 34.0 Å². The largest absolute Gasteiger partial charge is 0.481 e. The fraction of sp³-hybridized carbons (Fsp3) is 0.882. The lowest BCUT2D eigenvalue weighted by molar-refractivity contribution is -0.166. The Labute approximate surface area is 143 Å². The second kappa shape index (κ2) is 10.6. The predicted molar refractivity (Wildman–Crippen MR) is 86.6 cm³/mol. The van der Waals surface area contributed by atoms with Crippen molar-refractivity contribution in [3.8, 4) is 0 Å². The topological polar surface area (TPSA) is 102 Å². The van der Waals surface area contributed by atoms with Crippen molar-refractivity contribution in [3.63, 3.8) is 0 Å². The van der Waals surface area contributed by atoms with Crippen LogP contribution in [0.25, 0.3) is 0 Å². The molecule has 7 heteroatoms. The molecule has 0 bridgehead atoms. The van der Waals surface area contributed by atoms with Gasteiger partial charge in [0.25, 0.3) is 0 Å². The summed E-state index contributed by atoms with van der Waals surface area (Å²) in [4.78, 5) is 23.5. The first-order chi connectivity index (χ1) is 11.3. The Hall–Kier alpha value is -1.18. The van der Waals surface area contributed by atoms with Crippen molar-refractivity contribution in [1.82, 2.24) is 0 Å². The number of hydrogen-bond acceptors (Lipinski definition) is 6. The first kappa shape index (κ1) is 20.9. The van der Waals surface area contributed by atoms with E-state index in [2.05, 4.69) is 0 Å². The molecule has 0 aromatic rings. The number of hydrogen-bond donors (Lipinski definition) is 2. The van der Waals surface area contributed by atoms with Crippen LogP contribution in [0.1, 0.15) is 46.5 Å². The van der Waals surface area contributed by atoms with Crippen LogP contribution >= 0.6 is 0 Å². The third kappa shape index (κ3) is 7.15. The maximum absolute atomic E-state index is 12.2. The first-order valence-electron chi connectivity index (χ1n) is 8.62. The molecular weight excluding hydrogens is 316 g/mol. The molecule has 140 valence electrons. The molecule has 0 spiro atoms. The van der Waals surface area contributed by atoms with E-state index in [-0.39, 0.29) is 25.4 Å². The number of carbonyl (C=O) groups is 2. The van der Waals surface area contributed by atoms with E-state index in [0.717, 1.165) is 12.8 Å². The molecule has 5 atom stereocenters. The van der Waals surface area contributed by atoms with Crippen LogP contribution in [-0.4, -0.2) is 60.3 Å². The molecule has 1 rings (SSSR count). The lowest BCUT2D eigenvalue weighted by Gasteiger charge is -2.28. The molecule has 1 saturated carbocycles. The van der Waals surface area contributed by atoms with E-state index in [9.17, 15) is 14.7 Å². The highest BCUT2D eigenvalue weighted by atomic mass is 16.6. The Kier molecular flexibility index (Phi) is 9.25. The fourth-order valence-electron chi connectivity index (χ4n) is 2.73. The van der Waals surface area contributed by atoms with Crippen molar-refractivity contribution >= 4 is 11.9 Å². The predicted octanol–water partition coefficient (Wildman–Crippen LogP) is 1.61. The second-order valence-corrected chi connectivity index (χ2v) is 6.55. The highest BCUT2D eigenvalue weighted by Crippen LogP contribution is 2.31. The quantitative estimate of drug-likeness (QED) is 0.579. The summed E-state index contributed by atoms with van der Waals surface area (Å²) >= 11 is 0. The fourth-order valence-corrected chi connectivity index (χ4v) is 2.73. The number of aliphatic carboxylic acids is 1. The van der Waals surface area contributed by atoms with Crippen molar-refractivity contribution in [2.75, 3.05) is 19.8 Å². The lowest BCUT2D eigenvalue weighted by Crippen LogP contribution is -2.36. The van der Waals surface area contributed by atoms with E-state index in [1.807, 2.05) is 6.92 Å². The first-order valence-corrected chi connectivity index (χ1v) is 8.62. The molecule has 0 heterocycles. The summed E-state index contributed by atoms with van der Waals surface area (Å²) in [5.74, 6) is -2.59. The van der Waals surface area contributed by atoms with E-state index < -0.39 is 29.9 Å². The number of rotatable bonds is 10. The number of carboxylic acid groups (broad SMARTS) is 1. The molecule has 0 saturated heterocycles. The van der Waals surface area contributed by atoms with E-state index in [1.54, 1.807) is 13.8 Å². The van der Waals surface area contributed by atoms with Gasteiger partial charge in [0, 0.05) is 0 Å². The number of aliphatic hydroxyl groups excluding tert-OH is 1. The average Bonchev–Trinajstić information content (AvgIpc) is 2.57. The average molecular weight is 346 g/mol. The Morgan fingerprint density at radius 2 is 1.50 bits per heavy atom. The monoisotopic (exact) mass is 346 g/mol. The SMILES string of the molecule is CC(CO)OCC(C)OCC(C)OC(=O)C1CCCCC1C(=O)O. The van der Waals surface area contributed by atoms with Crippen LogP contribution in [-0.2, 0) is 23.8 Å². The summed E-state index contributed by atoms with van der Waals surface area (Å²) in [6.45, 7) is 5.83. The molecule has 0 aromatic heterocycles. The maximum atomic E-state index is 12.2. The van der Waals surface area contributed by atoms with Crippen molar-refractivity contribution in [2.24, 2.45) is 11.8 Å². The van der Waals surface area contributed by atoms with Gasteiger partial charge in [-0.2, -0.15) is 0 Å². The molecule has 0 aromatic carbocycles. The third-order valence-electron chi connectivity index (χ3n) is 4.19. The third-order valence-corrected chi connectivity index (χ3v) is 4.19. The summed E-state index contributed by atoms with van der Waals surface area (Å²) in [5, 5.41) is 18.1. The Morgan fingerprint density at radius 3 is 2.08 bits per heavy atom. The van der Waals surface area contributed by atoms with Crippen LogP contribution < -0.4 is 0 Å². The summed E-state index contributed by atoms with van der Waals surface area (Å²) < 4.78 is 16.3. The summed E-state index contributed by atoms with van der Waals surface area (Å²) in [5.41, 5.74) is 0. The zero-order valence-electron chi connectivity index (χ0n) is 14.8. The van der Waals surface area contributed by atoms with E-state index in [0.29, 0.717) is 19.4 Å². The van der Waals surface area contributed by atoms with Gasteiger partial charge in [-0.3, -0.25) is 9.59 Å². The van der Waals surface area contributed by atoms with Crippen LogP contribution in [0.3, 0.4) is 0 Å². The Morgan fingerprint density at radius 1 is 0.958 bits per heavy atom. The van der Waals surface area contributed by atoms with Gasteiger partial charge < -0.3 is 24.4 Å². The van der Waals surface area contributed by atoms with Gasteiger partial charge in [-0.25, -0.2) is 0 Å². The van der Waals surface area contributed by atoms with Crippen LogP contribution in [0.2, 0.25) is 0 Å². The molecule has 24 heavy (non-hydrogen) atoms. The number of esters is 1. The minimum absolute atomic E-state index is 0.0487. The van der Waals surface area contributed by atoms with Crippen LogP contribution in [0.15, 0.2) is 0 Å². The lowest BCUT2D eigenvalue weighted by atomic mass is 9.79. The number of carbonyl (C=O) groups excluding carboxylic acids is 1. The molecule has 1 fully saturated rings. The standard InChI is InChI=1S/C17H30O7/c1-11(8-18)22-9-12(2)23-10-13(3)24-17(21)15-7-5-4-6-14(15)16(19)20/h11-15,18H,4-10H2,1-3H3,(H,19,20). The van der Waals surface area contributed by atoms with E-state index in [1.165, 1.54) is 0 Å². The number of ether oxygens (including phenoxy) is 3. The van der Waals surface area contributed by atoms with Gasteiger partial charge in [-0.05, 0) is 33.6 Å². The van der Waals surface area contributed by atoms with Gasteiger partial charge in [-0.15, -0.1) is 0 Å². The number of aliphatic hydroxyl groups is 1. The van der Waals surface area contributed by atoms with Crippen LogP contribution in [0.4, 0.5) is 0 Å². The zero-order valence-corrected chi connectivity index (χ0v) is 14.8. The summed E-state index contributed by atoms with van der Waals surface area (Å²) in [7, 11) is 0. The zero-order chi connectivity index (χ0) is 18.1. The van der Waals surface area contributed by atoms with Crippen LogP contribution in [0, 0.1) is 11.8 Å². The molecule has 7 nitrogen and oxygen atoms in total. The molecule has 0 aliphatic heterocycles. The smallest absolute Gasteiger partial charge is 0.310 e. The normalized spacial score (nSPS) is 24.8. The Bertz CT molecular complexity index is 398. The van der Waals surface area contributed by atoms with E-state index in [4.69, 9.17) is 19.3 Å². The molecule has 1 aliphatic rings. The Balaban J connectivity index is 2.34. The van der Waals surface area contributed by atoms with Gasteiger partial charge >= 0.3 is 11.9 Å². The molecule has 0 amide bonds. The highest BCUT2D eigenvalue weighted by molar-refractivity contribution is 5.81. The minimum Gasteiger partial charge on any atom is -0.481 e. The van der Waals surface area contributed by atoms with Crippen molar-refractivity contribution in [2.45, 2.75) is 64.8 Å². The maximum Gasteiger partial charge on any atom is 0.310 e. The summed E-state index contributed by atoms with van der Waals surface area (Å²) in [6, 6.07) is 0. The molecule has 2 N–H and O–H groups in total. The van der Waals surface area contributed by atoms with Gasteiger partial charge in [-0.1, -0.05) is 12.8 Å². The minimum atomic E-state index is -0.927. The molecular formula is C17H30O7. The van der Waals surface area contributed by atoms with Crippen molar-refractivity contribution in [1.29, 1.82) is 0 Å². The van der Waals surface area contributed by atoms with Gasteiger partial charge in [0.2, 0.25) is 0 Å². The highest BCUT2D eigenvalue weighted by Gasteiger charge is 2.37. The van der Waals surface area contributed by atoms with E-state index >= 15 is 0 Å². The van der Waals surface area contributed by atoms with Crippen molar-refractivity contribution in [3.05, 3.63) is 0 Å². The van der Waals surface area contributed by atoms with Crippen LogP contribution in [0.5, 0.6) is 0 Å². The van der Waals surface area contributed by atoms with Gasteiger partial charge in [0.1, 0.15) is 6.10 Å². The molecule has 0 radical (unpaired) electrons. The van der Waals surface area contributed by atoms with Gasteiger partial charge in [0.15, 0.2) is 0 Å². The molecule has 1 aliphatic carbocycles. The summed E-state index contributed by atoms with van der Waals surface area (Å²) in [6.07, 6.45) is 1.89. The van der Waals surface area contributed by atoms with Gasteiger partial charge in [0.05, 0.1) is 43.9 Å². The second-order valence-electron chi connectivity index (χ2n) is 6.55. The number of carboxylic acids is 1. The molecule has 5 unspecified atom stereocenters.